The highest BCUT2D eigenvalue weighted by molar-refractivity contribution is 6.05. The van der Waals surface area contributed by atoms with Gasteiger partial charge in [-0.3, -0.25) is 0 Å². The Kier molecular flexibility index (Phi) is 7.88. The summed E-state index contributed by atoms with van der Waals surface area (Å²) < 4.78 is 0. The first-order valence-corrected chi connectivity index (χ1v) is 17.3. The first-order chi connectivity index (χ1) is 22.7. The zero-order valence-electron chi connectivity index (χ0n) is 26.9. The summed E-state index contributed by atoms with van der Waals surface area (Å²) in [6, 6.07) is 33.9. The van der Waals surface area contributed by atoms with Gasteiger partial charge in [-0.2, -0.15) is 0 Å². The van der Waals surface area contributed by atoms with Crippen molar-refractivity contribution in [3.8, 4) is 11.1 Å². The maximum Gasteiger partial charge on any atom is 0.00553 e. The third-order valence-corrected chi connectivity index (χ3v) is 10.5. The van der Waals surface area contributed by atoms with Gasteiger partial charge in [0.25, 0.3) is 0 Å². The molecule has 1 unspecified atom stereocenters. The average molecular weight is 595 g/mol. The second-order valence-corrected chi connectivity index (χ2v) is 13.3. The molecular formula is C46H42. The molecule has 8 rings (SSSR count). The Morgan fingerprint density at radius 3 is 2.22 bits per heavy atom. The number of benzene rings is 5. The predicted octanol–water partition coefficient (Wildman–Crippen LogP) is 11.0. The van der Waals surface area contributed by atoms with Gasteiger partial charge in [0.2, 0.25) is 0 Å². The van der Waals surface area contributed by atoms with Gasteiger partial charge in [-0.1, -0.05) is 133 Å². The van der Waals surface area contributed by atoms with Crippen LogP contribution in [-0.4, -0.2) is 0 Å². The largest absolute Gasteiger partial charge is 0.0836 e. The van der Waals surface area contributed by atoms with E-state index in [0.29, 0.717) is 5.92 Å². The van der Waals surface area contributed by atoms with E-state index in [9.17, 15) is 0 Å². The van der Waals surface area contributed by atoms with Crippen molar-refractivity contribution in [1.29, 1.82) is 0 Å². The van der Waals surface area contributed by atoms with Crippen molar-refractivity contribution in [2.24, 2.45) is 5.92 Å². The molecule has 3 aliphatic rings. The second kappa shape index (κ2) is 12.6. The number of aryl methyl sites for hydroxylation is 2. The number of allylic oxidation sites excluding steroid dienone is 8. The molecule has 0 saturated heterocycles. The molecular weight excluding hydrogens is 553 g/mol. The van der Waals surface area contributed by atoms with E-state index in [1.165, 1.54) is 78.2 Å². The van der Waals surface area contributed by atoms with Gasteiger partial charge in [0.05, 0.1) is 0 Å². The molecule has 0 heteroatoms. The molecule has 0 radical (unpaired) electrons. The van der Waals surface area contributed by atoms with Crippen LogP contribution < -0.4 is 10.4 Å². The van der Waals surface area contributed by atoms with Crippen LogP contribution in [0.4, 0.5) is 0 Å². The highest BCUT2D eigenvalue weighted by atomic mass is 14.3. The molecule has 0 aromatic heterocycles. The first-order valence-electron chi connectivity index (χ1n) is 17.3. The molecule has 5 aromatic carbocycles. The van der Waals surface area contributed by atoms with Gasteiger partial charge in [-0.25, -0.2) is 0 Å². The summed E-state index contributed by atoms with van der Waals surface area (Å²) in [5.74, 6) is 0.461. The molecule has 5 aromatic rings. The Hall–Kier alpha value is -4.68. The van der Waals surface area contributed by atoms with Gasteiger partial charge in [-0.15, -0.1) is 0 Å². The summed E-state index contributed by atoms with van der Waals surface area (Å²) in [5.41, 5.74) is 11.8. The van der Waals surface area contributed by atoms with Gasteiger partial charge >= 0.3 is 0 Å². The third kappa shape index (κ3) is 5.41. The normalized spacial score (nSPS) is 17.5. The maximum atomic E-state index is 2.63. The van der Waals surface area contributed by atoms with E-state index in [0.717, 1.165) is 38.5 Å². The van der Waals surface area contributed by atoms with E-state index in [1.54, 1.807) is 11.1 Å². The Bertz CT molecular complexity index is 2210. The first kappa shape index (κ1) is 28.8. The van der Waals surface area contributed by atoms with Crippen molar-refractivity contribution < 1.29 is 0 Å². The van der Waals surface area contributed by atoms with Crippen molar-refractivity contribution in [2.75, 3.05) is 0 Å². The van der Waals surface area contributed by atoms with Crippen LogP contribution in [0.15, 0.2) is 133 Å². The lowest BCUT2D eigenvalue weighted by atomic mass is 9.77. The highest BCUT2D eigenvalue weighted by Crippen LogP contribution is 2.40. The molecule has 0 N–H and O–H groups in total. The molecule has 0 nitrogen and oxygen atoms in total. The fourth-order valence-corrected chi connectivity index (χ4v) is 8.18. The highest BCUT2D eigenvalue weighted by Gasteiger charge is 2.23. The van der Waals surface area contributed by atoms with Crippen LogP contribution in [0.3, 0.4) is 0 Å². The molecule has 46 heavy (non-hydrogen) atoms. The van der Waals surface area contributed by atoms with Gasteiger partial charge in [-0.05, 0) is 135 Å². The Morgan fingerprint density at radius 1 is 0.674 bits per heavy atom. The molecule has 0 aliphatic heterocycles. The Labute approximate surface area is 273 Å². The second-order valence-electron chi connectivity index (χ2n) is 13.3. The third-order valence-electron chi connectivity index (χ3n) is 10.5. The van der Waals surface area contributed by atoms with E-state index in [1.807, 2.05) is 0 Å². The fourth-order valence-electron chi connectivity index (χ4n) is 8.18. The van der Waals surface area contributed by atoms with E-state index in [4.69, 9.17) is 0 Å². The molecule has 0 saturated carbocycles. The van der Waals surface area contributed by atoms with E-state index in [-0.39, 0.29) is 0 Å². The zero-order valence-corrected chi connectivity index (χ0v) is 26.9. The number of hydrogen-bond donors (Lipinski definition) is 0. The van der Waals surface area contributed by atoms with Gasteiger partial charge < -0.3 is 0 Å². The Morgan fingerprint density at radius 2 is 1.41 bits per heavy atom. The predicted molar refractivity (Wildman–Crippen MR) is 199 cm³/mol. The van der Waals surface area contributed by atoms with Gasteiger partial charge in [0, 0.05) is 5.92 Å². The monoisotopic (exact) mass is 594 g/mol. The lowest BCUT2D eigenvalue weighted by Gasteiger charge is -2.27. The van der Waals surface area contributed by atoms with Crippen LogP contribution >= 0.6 is 0 Å². The smallest absolute Gasteiger partial charge is 0.00553 e. The van der Waals surface area contributed by atoms with Crippen LogP contribution in [-0.2, 0) is 6.42 Å². The van der Waals surface area contributed by atoms with E-state index in [2.05, 4.69) is 140 Å². The average Bonchev–Trinajstić information content (AvgIpc) is 3.11. The zero-order chi connectivity index (χ0) is 30.9. The van der Waals surface area contributed by atoms with Crippen molar-refractivity contribution in [1.82, 2.24) is 0 Å². The van der Waals surface area contributed by atoms with Crippen molar-refractivity contribution >= 4 is 39.3 Å². The van der Waals surface area contributed by atoms with Gasteiger partial charge in [0.15, 0.2) is 0 Å². The van der Waals surface area contributed by atoms with Gasteiger partial charge in [0.1, 0.15) is 0 Å². The molecule has 0 heterocycles. The van der Waals surface area contributed by atoms with Crippen molar-refractivity contribution in [3.05, 3.63) is 160 Å². The quantitative estimate of drug-likeness (QED) is 0.176. The molecule has 0 amide bonds. The van der Waals surface area contributed by atoms with Crippen LogP contribution in [0.2, 0.25) is 0 Å². The lowest BCUT2D eigenvalue weighted by Crippen LogP contribution is -2.33. The van der Waals surface area contributed by atoms with Crippen LogP contribution in [0, 0.1) is 12.8 Å². The molecule has 0 fully saturated rings. The summed E-state index contributed by atoms with van der Waals surface area (Å²) in [4.78, 5) is 0. The number of rotatable bonds is 7. The maximum absolute atomic E-state index is 2.63. The topological polar surface area (TPSA) is 0 Å². The lowest BCUT2D eigenvalue weighted by molar-refractivity contribution is 0.707. The molecule has 0 bridgehead atoms. The van der Waals surface area contributed by atoms with E-state index < -0.39 is 0 Å². The summed E-state index contributed by atoms with van der Waals surface area (Å²) in [6.07, 6.45) is 26.0. The van der Waals surface area contributed by atoms with Crippen LogP contribution in [0.5, 0.6) is 0 Å². The summed E-state index contributed by atoms with van der Waals surface area (Å²) in [6.45, 7) is 2.25. The molecule has 0 spiro atoms. The molecule has 1 atom stereocenters. The molecule has 3 aliphatic carbocycles. The fraction of sp³-hybridized carbons (Fsp3) is 0.217. The van der Waals surface area contributed by atoms with Crippen LogP contribution in [0.25, 0.3) is 50.4 Å². The summed E-state index contributed by atoms with van der Waals surface area (Å²) >= 11 is 0. The number of fused-ring (bicyclic) bond motifs is 3. The van der Waals surface area contributed by atoms with E-state index >= 15 is 0 Å². The summed E-state index contributed by atoms with van der Waals surface area (Å²) in [7, 11) is 0. The SMILES string of the molecule is Cc1ccccc1CCCC1=C(C2C=CC=CC2)C=C(c2c3c(c(-c4ccc5ccccc5c4)c4ccccc24)=CCCC=3)CC1. The van der Waals surface area contributed by atoms with Crippen molar-refractivity contribution in [3.63, 3.8) is 0 Å². The van der Waals surface area contributed by atoms with Crippen molar-refractivity contribution in [2.45, 2.75) is 58.3 Å². The Balaban J connectivity index is 1.26. The standard InChI is InChI=1S/C46H42/c1-32-14-5-6-15-33(32)20-13-21-36-27-29-39(31-44(36)35-17-3-2-4-18-35)46-42-24-11-9-22-40(42)45(41-23-10-12-25-43(41)46)38-28-26-34-16-7-8-19-37(34)30-38/h2-9,11,14-17,19,22-26,28,30-31,35H,10,12-13,18,20-21,27,29H2,1H3. The minimum atomic E-state index is 0.461. The number of hydrogen-bond acceptors (Lipinski definition) is 0. The molecule has 226 valence electrons. The minimum absolute atomic E-state index is 0.461. The minimum Gasteiger partial charge on any atom is -0.0836 e. The summed E-state index contributed by atoms with van der Waals surface area (Å²) in [5, 5.41) is 8.23. The van der Waals surface area contributed by atoms with Crippen LogP contribution in [0.1, 0.15) is 61.6 Å².